The molecule has 3 aromatic rings. The number of fused-ring (bicyclic) bond motifs is 1. The van der Waals surface area contributed by atoms with E-state index in [1.807, 2.05) is 12.3 Å². The summed E-state index contributed by atoms with van der Waals surface area (Å²) < 4.78 is 14.5. The smallest absolute Gasteiger partial charge is 0.415 e. The standard InChI is InChI=1S/C31H42N6O6/c1-30(2,3)43-29(41)35(5)26-17-19(16-24-21(18-32-37(24)26)27(39)34-22-9-10-25(22)38)33-23-8-7-15-36(28(23)40)20-11-13-31(4,42-6)14-12-20/h7-8,15-18,20,22,25,33,38H,9-14H2,1-6H3,(H,34,39)/t20?,22?,25-,31?/m1/s1. The molecule has 232 valence electrons. The fraction of sp³-hybridized carbons (Fsp3) is 0.548. The van der Waals surface area contributed by atoms with E-state index in [0.717, 1.165) is 25.7 Å². The average molecular weight is 595 g/mol. The number of methoxy groups -OCH3 is 1. The summed E-state index contributed by atoms with van der Waals surface area (Å²) in [5.74, 6) is -0.0523. The van der Waals surface area contributed by atoms with Crippen molar-refractivity contribution in [1.82, 2.24) is 19.5 Å². The molecule has 2 aliphatic carbocycles. The molecular formula is C31H42N6O6. The van der Waals surface area contributed by atoms with Gasteiger partial charge in [-0.15, -0.1) is 0 Å². The topological polar surface area (TPSA) is 139 Å². The van der Waals surface area contributed by atoms with Crippen molar-refractivity contribution < 1.29 is 24.2 Å². The molecule has 3 N–H and O–H groups in total. The van der Waals surface area contributed by atoms with Crippen LogP contribution in [0, 0.1) is 0 Å². The molecule has 0 aliphatic heterocycles. The van der Waals surface area contributed by atoms with Crippen LogP contribution in [0.1, 0.15) is 82.6 Å². The predicted octanol–water partition coefficient (Wildman–Crippen LogP) is 4.38. The van der Waals surface area contributed by atoms with Crippen molar-refractivity contribution in [2.24, 2.45) is 0 Å². The highest BCUT2D eigenvalue weighted by Gasteiger charge is 2.33. The van der Waals surface area contributed by atoms with E-state index >= 15 is 0 Å². The summed E-state index contributed by atoms with van der Waals surface area (Å²) >= 11 is 0. The minimum absolute atomic E-state index is 0.0563. The Balaban J connectivity index is 1.50. The van der Waals surface area contributed by atoms with E-state index in [1.165, 1.54) is 15.6 Å². The quantitative estimate of drug-likeness (QED) is 0.366. The van der Waals surface area contributed by atoms with E-state index in [1.54, 1.807) is 57.7 Å². The molecule has 0 radical (unpaired) electrons. The summed E-state index contributed by atoms with van der Waals surface area (Å²) in [5, 5.41) is 20.5. The second-order valence-corrected chi connectivity index (χ2v) is 12.9. The van der Waals surface area contributed by atoms with E-state index in [0.29, 0.717) is 35.6 Å². The number of hydrogen-bond donors (Lipinski definition) is 3. The maximum atomic E-state index is 13.6. The number of nitrogens with zero attached hydrogens (tertiary/aromatic N) is 4. The average Bonchev–Trinajstić information content (AvgIpc) is 3.39. The van der Waals surface area contributed by atoms with Crippen LogP contribution in [0.5, 0.6) is 0 Å². The normalized spacial score (nSPS) is 23.8. The van der Waals surface area contributed by atoms with Crippen molar-refractivity contribution in [3.63, 3.8) is 0 Å². The number of anilines is 3. The molecule has 0 spiro atoms. The number of carbonyl (C=O) groups is 2. The number of ether oxygens (including phenoxy) is 2. The summed E-state index contributed by atoms with van der Waals surface area (Å²) in [6.07, 6.45) is 6.76. The highest BCUT2D eigenvalue weighted by atomic mass is 16.6. The van der Waals surface area contributed by atoms with E-state index in [9.17, 15) is 19.5 Å². The van der Waals surface area contributed by atoms with Crippen molar-refractivity contribution >= 4 is 34.7 Å². The Bertz CT molecular complexity index is 1560. The van der Waals surface area contributed by atoms with Crippen LogP contribution in [-0.4, -0.2) is 68.8 Å². The molecule has 0 saturated heterocycles. The summed E-state index contributed by atoms with van der Waals surface area (Å²) in [7, 11) is 3.29. The van der Waals surface area contributed by atoms with Gasteiger partial charge in [0, 0.05) is 38.1 Å². The van der Waals surface area contributed by atoms with Gasteiger partial charge in [-0.25, -0.2) is 9.31 Å². The molecule has 5 rings (SSSR count). The summed E-state index contributed by atoms with van der Waals surface area (Å²) in [6, 6.07) is 6.68. The van der Waals surface area contributed by atoms with Gasteiger partial charge in [-0.05, 0) is 84.4 Å². The van der Waals surface area contributed by atoms with Crippen LogP contribution < -0.4 is 21.1 Å². The van der Waals surface area contributed by atoms with Crippen molar-refractivity contribution in [2.75, 3.05) is 24.4 Å². The van der Waals surface area contributed by atoms with Gasteiger partial charge in [0.15, 0.2) is 0 Å². The maximum absolute atomic E-state index is 13.6. The molecular weight excluding hydrogens is 552 g/mol. The van der Waals surface area contributed by atoms with Gasteiger partial charge in [-0.1, -0.05) is 0 Å². The Morgan fingerprint density at radius 1 is 1.16 bits per heavy atom. The van der Waals surface area contributed by atoms with Crippen LogP contribution in [0.25, 0.3) is 5.52 Å². The lowest BCUT2D eigenvalue weighted by molar-refractivity contribution is -0.0324. The van der Waals surface area contributed by atoms with Crippen molar-refractivity contribution in [3.05, 3.63) is 52.6 Å². The first-order valence-electron chi connectivity index (χ1n) is 14.8. The van der Waals surface area contributed by atoms with E-state index < -0.39 is 17.8 Å². The zero-order valence-corrected chi connectivity index (χ0v) is 25.7. The number of pyridine rings is 2. The molecule has 3 heterocycles. The first kappa shape index (κ1) is 30.6. The van der Waals surface area contributed by atoms with Gasteiger partial charge in [0.25, 0.3) is 11.5 Å². The molecule has 0 bridgehead atoms. The Morgan fingerprint density at radius 2 is 1.88 bits per heavy atom. The van der Waals surface area contributed by atoms with Gasteiger partial charge in [0.2, 0.25) is 0 Å². The molecule has 2 fully saturated rings. The lowest BCUT2D eigenvalue weighted by Gasteiger charge is -2.36. The Kier molecular flexibility index (Phi) is 8.28. The first-order valence-corrected chi connectivity index (χ1v) is 14.8. The van der Waals surface area contributed by atoms with Crippen molar-refractivity contribution in [3.8, 4) is 0 Å². The van der Waals surface area contributed by atoms with Crippen LogP contribution in [0.3, 0.4) is 0 Å². The van der Waals surface area contributed by atoms with Gasteiger partial charge in [0.1, 0.15) is 17.1 Å². The van der Waals surface area contributed by atoms with Crippen LogP contribution in [0.4, 0.5) is 22.0 Å². The maximum Gasteiger partial charge on any atom is 0.415 e. The fourth-order valence-electron chi connectivity index (χ4n) is 5.62. The van der Waals surface area contributed by atoms with Crippen molar-refractivity contribution in [1.29, 1.82) is 0 Å². The van der Waals surface area contributed by atoms with E-state index in [-0.39, 0.29) is 34.7 Å². The van der Waals surface area contributed by atoms with Gasteiger partial charge in [-0.2, -0.15) is 5.10 Å². The number of amides is 2. The van der Waals surface area contributed by atoms with Crippen LogP contribution in [0.2, 0.25) is 0 Å². The molecule has 3 aromatic heterocycles. The monoisotopic (exact) mass is 594 g/mol. The van der Waals surface area contributed by atoms with Gasteiger partial charge >= 0.3 is 6.09 Å². The Morgan fingerprint density at radius 3 is 2.49 bits per heavy atom. The molecule has 1 unspecified atom stereocenters. The van der Waals surface area contributed by atoms with E-state index in [4.69, 9.17) is 9.47 Å². The zero-order valence-electron chi connectivity index (χ0n) is 25.7. The SMILES string of the molecule is COC1(C)CCC(n2cccc(Nc3cc(N(C)C(=O)OC(C)(C)C)n4ncc(C(=O)NC5CC[C@H]5O)c4c3)c2=O)CC1. The third-order valence-corrected chi connectivity index (χ3v) is 8.56. The molecule has 0 aromatic carbocycles. The number of hydrogen-bond acceptors (Lipinski definition) is 8. The minimum Gasteiger partial charge on any atom is -0.443 e. The minimum atomic E-state index is -0.728. The van der Waals surface area contributed by atoms with Crippen molar-refractivity contribution in [2.45, 2.75) is 95.6 Å². The zero-order chi connectivity index (χ0) is 31.1. The molecule has 2 amide bonds. The third kappa shape index (κ3) is 6.40. The van der Waals surface area contributed by atoms with Gasteiger partial charge < -0.3 is 29.8 Å². The molecule has 43 heavy (non-hydrogen) atoms. The fourth-order valence-corrected chi connectivity index (χ4v) is 5.62. The van der Waals surface area contributed by atoms with Crippen LogP contribution in [0.15, 0.2) is 41.5 Å². The largest absolute Gasteiger partial charge is 0.443 e. The molecule has 2 atom stereocenters. The van der Waals surface area contributed by atoms with E-state index in [2.05, 4.69) is 22.7 Å². The van der Waals surface area contributed by atoms with Crippen LogP contribution in [-0.2, 0) is 9.47 Å². The Labute approximate surface area is 251 Å². The number of carbonyl (C=O) groups excluding carboxylic acids is 2. The predicted molar refractivity (Wildman–Crippen MR) is 163 cm³/mol. The van der Waals surface area contributed by atoms with Gasteiger partial charge in [0.05, 0.1) is 35.0 Å². The number of nitrogens with one attached hydrogen (secondary N) is 2. The number of aromatic nitrogens is 3. The second-order valence-electron chi connectivity index (χ2n) is 12.9. The Hall–Kier alpha value is -3.90. The molecule has 2 saturated carbocycles. The third-order valence-electron chi connectivity index (χ3n) is 8.56. The summed E-state index contributed by atoms with van der Waals surface area (Å²) in [6.45, 7) is 7.44. The number of rotatable bonds is 7. The molecule has 12 heteroatoms. The summed E-state index contributed by atoms with van der Waals surface area (Å²) in [4.78, 5) is 41.2. The molecule has 2 aliphatic rings. The van der Waals surface area contributed by atoms with Gasteiger partial charge in [-0.3, -0.25) is 14.5 Å². The highest BCUT2D eigenvalue weighted by molar-refractivity contribution is 6.02. The molecule has 12 nitrogen and oxygen atoms in total. The highest BCUT2D eigenvalue weighted by Crippen LogP contribution is 2.36. The lowest BCUT2D eigenvalue weighted by Crippen LogP contribution is -2.50. The lowest BCUT2D eigenvalue weighted by atomic mass is 9.83. The number of aliphatic hydroxyl groups excluding tert-OH is 1. The summed E-state index contributed by atoms with van der Waals surface area (Å²) in [5.41, 5.74) is 0.477. The number of aliphatic hydroxyl groups is 1. The first-order chi connectivity index (χ1) is 20.3. The van der Waals surface area contributed by atoms with Crippen LogP contribution >= 0.6 is 0 Å². The second kappa shape index (κ2) is 11.6.